The van der Waals surface area contributed by atoms with Gasteiger partial charge in [-0.2, -0.15) is 9.80 Å². The molecule has 18 nitrogen and oxygen atoms in total. The standard InChI is InChI=1S/C38H59NO8Si.C29H39NO8/c1-24(2)48(25(3)4,26(5)6)47-33-27(7)44-34(40)32(39(35(41)45-37(8,9)10)36(42)46-38(11,12)13)23-43-22-30(33)21-29-19-16-18-28-17-14-15-20-31(28)29;1-18-24(31)21(15-20-13-10-12-19-11-8-9-14-22(19)20)16-35-17-23(25(32)36-18)30(26(33)37-28(2,3)4)27(34)38-29(5,6)7/h14-20,24-27,30,32-33H,21-23H2,1-13H3;8-14,18,21,23-24,31H,15-17H2,1-7H3/t27-,30-,32-,33-;18-,21-,23-,24-/m00/s1. The number of fused-ring (bicyclic) bond motifs is 2. The van der Waals surface area contributed by atoms with Gasteiger partial charge in [0.1, 0.15) is 34.6 Å². The predicted octanol–water partition coefficient (Wildman–Crippen LogP) is 13.9. The molecule has 86 heavy (non-hydrogen) atoms. The first kappa shape index (κ1) is 70.6. The van der Waals surface area contributed by atoms with Crippen LogP contribution >= 0.6 is 0 Å². The van der Waals surface area contributed by atoms with E-state index in [1.165, 1.54) is 0 Å². The van der Waals surface area contributed by atoms with E-state index in [1.807, 2.05) is 61.5 Å². The van der Waals surface area contributed by atoms with Gasteiger partial charge in [-0.15, -0.1) is 0 Å². The van der Waals surface area contributed by atoms with E-state index in [4.69, 9.17) is 42.3 Å². The second-order valence-electron chi connectivity index (χ2n) is 27.6. The van der Waals surface area contributed by atoms with Crippen molar-refractivity contribution in [3.8, 4) is 0 Å². The number of esters is 2. The Labute approximate surface area is 511 Å². The van der Waals surface area contributed by atoms with Crippen molar-refractivity contribution >= 4 is 66.2 Å². The Morgan fingerprint density at radius 3 is 1.19 bits per heavy atom. The fourth-order valence-corrected chi connectivity index (χ4v) is 17.0. The highest BCUT2D eigenvalue weighted by molar-refractivity contribution is 6.77. The number of hydrogen-bond donors (Lipinski definition) is 1. The van der Waals surface area contributed by atoms with E-state index in [2.05, 4.69) is 71.9 Å². The van der Waals surface area contributed by atoms with Crippen LogP contribution in [-0.2, 0) is 64.8 Å². The number of aliphatic hydroxyl groups is 1. The number of amides is 4. The lowest BCUT2D eigenvalue weighted by Crippen LogP contribution is -2.56. The van der Waals surface area contributed by atoms with E-state index >= 15 is 0 Å². The van der Waals surface area contributed by atoms with Crippen LogP contribution in [0.25, 0.3) is 21.5 Å². The molecule has 4 aromatic rings. The molecule has 0 unspecified atom stereocenters. The largest absolute Gasteiger partial charge is 0.458 e. The second-order valence-corrected chi connectivity index (χ2v) is 33.1. The van der Waals surface area contributed by atoms with Gasteiger partial charge in [0, 0.05) is 11.8 Å². The molecule has 2 saturated heterocycles. The number of hydrogen-bond acceptors (Lipinski definition) is 16. The zero-order chi connectivity index (χ0) is 64.4. The summed E-state index contributed by atoms with van der Waals surface area (Å²) in [4.78, 5) is 81.8. The summed E-state index contributed by atoms with van der Waals surface area (Å²) in [5.74, 6) is -2.32. The van der Waals surface area contributed by atoms with Crippen LogP contribution < -0.4 is 0 Å². The van der Waals surface area contributed by atoms with Crippen LogP contribution in [0.3, 0.4) is 0 Å². The van der Waals surface area contributed by atoms with Gasteiger partial charge >= 0.3 is 36.3 Å². The molecule has 0 aromatic heterocycles. The molecule has 2 aliphatic heterocycles. The number of nitrogens with zero attached hydrogens (tertiary/aromatic N) is 2. The maximum absolute atomic E-state index is 14.1. The number of carbonyl (C=O) groups excluding carboxylic acids is 6. The number of benzene rings is 4. The first-order valence-electron chi connectivity index (χ1n) is 30.2. The second kappa shape index (κ2) is 29.3. The van der Waals surface area contributed by atoms with E-state index in [1.54, 1.807) is 90.0 Å². The molecule has 0 saturated carbocycles. The summed E-state index contributed by atoms with van der Waals surface area (Å²) >= 11 is 0. The van der Waals surface area contributed by atoms with Crippen molar-refractivity contribution in [1.29, 1.82) is 0 Å². The smallest absolute Gasteiger partial charge is 0.420 e. The zero-order valence-corrected chi connectivity index (χ0v) is 55.6. The van der Waals surface area contributed by atoms with Crippen molar-refractivity contribution in [2.24, 2.45) is 11.8 Å². The number of rotatable bonds is 11. The number of aliphatic hydroxyl groups excluding tert-OH is 1. The molecule has 0 spiro atoms. The maximum atomic E-state index is 14.1. The molecule has 19 heteroatoms. The van der Waals surface area contributed by atoms with Crippen LogP contribution in [-0.4, -0.2) is 145 Å². The Morgan fingerprint density at radius 2 is 0.826 bits per heavy atom. The SMILES string of the molecule is CC(C)[Si](O[C@@H]1[C@@H](Cc2cccc3ccccc23)COC[C@H](N(C(=O)OC(C)(C)C)C(=O)OC(C)(C)C)C(=O)O[C@H]1C)(C(C)C)C(C)C.C[C@@H]1OC(=O)[C@@H](N(C(=O)OC(C)(C)C)C(=O)OC(C)(C)C)COC[C@H](Cc2cccc3ccccc23)[C@H]1O. The van der Waals surface area contributed by atoms with Gasteiger partial charge in [0.25, 0.3) is 0 Å². The van der Waals surface area contributed by atoms with Gasteiger partial charge in [-0.1, -0.05) is 126 Å². The van der Waals surface area contributed by atoms with Crippen molar-refractivity contribution in [2.45, 2.75) is 227 Å². The zero-order valence-electron chi connectivity index (χ0n) is 54.6. The third-order valence-corrected chi connectivity index (χ3v) is 21.1. The normalized spacial score (nSPS) is 22.1. The molecule has 2 heterocycles. The molecule has 2 aliphatic rings. The number of cyclic esters (lactones) is 2. The summed E-state index contributed by atoms with van der Waals surface area (Å²) in [6.07, 6.45) is -6.27. The highest BCUT2D eigenvalue weighted by Crippen LogP contribution is 2.45. The monoisotopic (exact) mass is 1210 g/mol. The molecule has 4 amide bonds. The van der Waals surface area contributed by atoms with Crippen molar-refractivity contribution in [3.63, 3.8) is 0 Å². The van der Waals surface area contributed by atoms with E-state index in [9.17, 15) is 33.9 Å². The Kier molecular flexibility index (Phi) is 24.0. The third kappa shape index (κ3) is 19.2. The maximum Gasteiger partial charge on any atom is 0.420 e. The summed E-state index contributed by atoms with van der Waals surface area (Å²) in [5.41, 5.74) is -0.724. The molecule has 6 rings (SSSR count). The summed E-state index contributed by atoms with van der Waals surface area (Å²) in [6.45, 7) is 36.4. The lowest BCUT2D eigenvalue weighted by atomic mass is 9.89. The summed E-state index contributed by atoms with van der Waals surface area (Å²) in [7, 11) is -2.48. The topological polar surface area (TPSA) is 212 Å². The van der Waals surface area contributed by atoms with Crippen molar-refractivity contribution in [1.82, 2.24) is 9.80 Å². The Hall–Kier alpha value is -6.12. The van der Waals surface area contributed by atoms with Gasteiger partial charge in [-0.3, -0.25) is 0 Å². The molecule has 0 aliphatic carbocycles. The minimum absolute atomic E-state index is 0.0678. The molecular formula is C67H98N2O16Si. The number of carbonyl (C=O) groups is 6. The van der Waals surface area contributed by atoms with E-state index in [-0.39, 0.29) is 49.0 Å². The molecule has 2 fully saturated rings. The van der Waals surface area contributed by atoms with E-state index < -0.39 is 109 Å². The average Bonchev–Trinajstić information content (AvgIpc) is 1.39. The van der Waals surface area contributed by atoms with Gasteiger partial charge in [0.2, 0.25) is 8.32 Å². The highest BCUT2D eigenvalue weighted by atomic mass is 28.4. The van der Waals surface area contributed by atoms with Crippen LogP contribution in [0.4, 0.5) is 19.2 Å². The van der Waals surface area contributed by atoms with Crippen LogP contribution in [0.5, 0.6) is 0 Å². The van der Waals surface area contributed by atoms with Crippen molar-refractivity contribution < 1.29 is 76.2 Å². The molecule has 476 valence electrons. The van der Waals surface area contributed by atoms with Crippen LogP contribution in [0.15, 0.2) is 84.9 Å². The van der Waals surface area contributed by atoms with Gasteiger partial charge in [-0.25, -0.2) is 28.8 Å². The Balaban J connectivity index is 0.000000322. The Bertz CT molecular complexity index is 2860. The molecule has 4 aromatic carbocycles. The van der Waals surface area contributed by atoms with E-state index in [0.717, 1.165) is 32.7 Å². The molecule has 1 N–H and O–H groups in total. The lowest BCUT2D eigenvalue weighted by Gasteiger charge is -2.47. The number of ether oxygens (including phenoxy) is 8. The third-order valence-electron chi connectivity index (χ3n) is 15.0. The quantitative estimate of drug-likeness (QED) is 0.0840. The predicted molar refractivity (Wildman–Crippen MR) is 333 cm³/mol. The van der Waals surface area contributed by atoms with Crippen LogP contribution in [0.1, 0.15) is 150 Å². The summed E-state index contributed by atoms with van der Waals surface area (Å²) in [5, 5.41) is 15.5. The average molecular weight is 1220 g/mol. The van der Waals surface area contributed by atoms with Gasteiger partial charge < -0.3 is 47.4 Å². The first-order valence-corrected chi connectivity index (χ1v) is 32.3. The lowest BCUT2D eigenvalue weighted by molar-refractivity contribution is -0.161. The molecule has 0 radical (unpaired) electrons. The van der Waals surface area contributed by atoms with Crippen LogP contribution in [0.2, 0.25) is 16.6 Å². The first-order chi connectivity index (χ1) is 39.8. The van der Waals surface area contributed by atoms with Crippen molar-refractivity contribution in [3.05, 3.63) is 96.1 Å². The molecule has 0 bridgehead atoms. The Morgan fingerprint density at radius 1 is 0.500 bits per heavy atom. The summed E-state index contributed by atoms with van der Waals surface area (Å²) in [6, 6.07) is 25.6. The fraction of sp³-hybridized carbons (Fsp3) is 0.612. The highest BCUT2D eigenvalue weighted by Gasteiger charge is 2.51. The van der Waals surface area contributed by atoms with Gasteiger partial charge in [-0.05, 0) is 159 Å². The van der Waals surface area contributed by atoms with Crippen LogP contribution in [0, 0.1) is 11.8 Å². The van der Waals surface area contributed by atoms with Gasteiger partial charge in [0.05, 0.1) is 38.6 Å². The van der Waals surface area contributed by atoms with Crippen molar-refractivity contribution in [2.75, 3.05) is 26.4 Å². The molecular weight excluding hydrogens is 1120 g/mol. The summed E-state index contributed by atoms with van der Waals surface area (Å²) < 4.78 is 53.4. The van der Waals surface area contributed by atoms with Gasteiger partial charge in [0.15, 0.2) is 12.1 Å². The minimum atomic E-state index is -2.48. The fourth-order valence-electron chi connectivity index (χ4n) is 11.4. The number of imide groups is 2. The molecule has 8 atom stereocenters. The minimum Gasteiger partial charge on any atom is -0.458 e. The van der Waals surface area contributed by atoms with E-state index in [0.29, 0.717) is 22.6 Å².